The van der Waals surface area contributed by atoms with Crippen LogP contribution in [-0.4, -0.2) is 24.4 Å². The number of hydrogen-bond acceptors (Lipinski definition) is 4. The van der Waals surface area contributed by atoms with Gasteiger partial charge in [-0.15, -0.1) is 0 Å². The molecule has 1 heterocycles. The molecular weight excluding hydrogens is 254 g/mol. The fraction of sp³-hybridized carbons (Fsp3) is 0.625. The van der Waals surface area contributed by atoms with E-state index >= 15 is 0 Å². The second kappa shape index (κ2) is 6.35. The number of para-hydroxylation sites is 1. The smallest absolute Gasteiger partial charge is 0.146 e. The number of rotatable bonds is 4. The number of nitrogens with two attached hydrogens (primary N) is 1. The highest BCUT2D eigenvalue weighted by molar-refractivity contribution is 5.62. The van der Waals surface area contributed by atoms with Gasteiger partial charge in [0.05, 0.1) is 18.3 Å². The Labute approximate surface area is 121 Å². The van der Waals surface area contributed by atoms with E-state index in [0.29, 0.717) is 17.2 Å². The summed E-state index contributed by atoms with van der Waals surface area (Å²) in [6, 6.07) is 5.68. The highest BCUT2D eigenvalue weighted by Crippen LogP contribution is 2.34. The maximum Gasteiger partial charge on any atom is 0.146 e. The summed E-state index contributed by atoms with van der Waals surface area (Å²) in [5.41, 5.74) is 6.71. The summed E-state index contributed by atoms with van der Waals surface area (Å²) in [4.78, 5) is 0. The molecule has 1 fully saturated rings. The minimum Gasteiger partial charge on any atom is -0.489 e. The number of benzene rings is 1. The number of hydrogen-bond donors (Lipinski definition) is 1. The Morgan fingerprint density at radius 2 is 1.75 bits per heavy atom. The van der Waals surface area contributed by atoms with Gasteiger partial charge in [-0.3, -0.25) is 0 Å². The van der Waals surface area contributed by atoms with Crippen LogP contribution in [0.5, 0.6) is 11.5 Å². The van der Waals surface area contributed by atoms with Gasteiger partial charge in [0, 0.05) is 12.8 Å². The van der Waals surface area contributed by atoms with Gasteiger partial charge < -0.3 is 19.9 Å². The largest absolute Gasteiger partial charge is 0.489 e. The highest BCUT2D eigenvalue weighted by atomic mass is 16.5. The Hall–Kier alpha value is -1.42. The van der Waals surface area contributed by atoms with Crippen molar-refractivity contribution in [1.29, 1.82) is 0 Å². The van der Waals surface area contributed by atoms with Crippen LogP contribution in [0.15, 0.2) is 18.2 Å². The average Bonchev–Trinajstić information content (AvgIpc) is 2.32. The van der Waals surface area contributed by atoms with Gasteiger partial charge >= 0.3 is 0 Å². The summed E-state index contributed by atoms with van der Waals surface area (Å²) in [6.07, 6.45) is 2.46. The van der Waals surface area contributed by atoms with E-state index in [-0.39, 0.29) is 24.4 Å². The molecule has 112 valence electrons. The van der Waals surface area contributed by atoms with E-state index in [0.717, 1.165) is 12.8 Å². The zero-order valence-corrected chi connectivity index (χ0v) is 12.8. The molecule has 2 atom stereocenters. The number of ether oxygens (including phenoxy) is 3. The first-order chi connectivity index (χ1) is 9.45. The summed E-state index contributed by atoms with van der Waals surface area (Å²) in [5, 5.41) is 0. The molecule has 4 nitrogen and oxygen atoms in total. The third kappa shape index (κ3) is 3.79. The molecule has 0 saturated carbocycles. The molecule has 0 aliphatic carbocycles. The van der Waals surface area contributed by atoms with Gasteiger partial charge in [0.1, 0.15) is 23.3 Å². The van der Waals surface area contributed by atoms with Crippen LogP contribution < -0.4 is 15.2 Å². The highest BCUT2D eigenvalue weighted by Gasteiger charge is 2.26. The third-order valence-electron chi connectivity index (χ3n) is 3.34. The number of nitrogen functional groups attached to an aromatic ring is 1. The van der Waals surface area contributed by atoms with Crippen molar-refractivity contribution in [2.75, 3.05) is 5.73 Å². The molecule has 0 bridgehead atoms. The first-order valence-corrected chi connectivity index (χ1v) is 7.33. The van der Waals surface area contributed by atoms with Gasteiger partial charge in [-0.1, -0.05) is 6.07 Å². The molecule has 1 saturated heterocycles. The monoisotopic (exact) mass is 279 g/mol. The third-order valence-corrected chi connectivity index (χ3v) is 3.34. The molecule has 2 rings (SSSR count). The van der Waals surface area contributed by atoms with Gasteiger partial charge in [0.2, 0.25) is 0 Å². The lowest BCUT2D eigenvalue weighted by atomic mass is 10.0. The van der Waals surface area contributed by atoms with Crippen LogP contribution in [0.2, 0.25) is 0 Å². The fourth-order valence-electron chi connectivity index (χ4n) is 2.60. The quantitative estimate of drug-likeness (QED) is 0.858. The van der Waals surface area contributed by atoms with E-state index in [2.05, 4.69) is 13.8 Å². The van der Waals surface area contributed by atoms with Crippen molar-refractivity contribution >= 4 is 5.69 Å². The molecule has 0 spiro atoms. The zero-order chi connectivity index (χ0) is 14.7. The van der Waals surface area contributed by atoms with Gasteiger partial charge in [0.15, 0.2) is 0 Å². The van der Waals surface area contributed by atoms with Gasteiger partial charge in [0.25, 0.3) is 0 Å². The molecule has 1 aliphatic heterocycles. The first kappa shape index (κ1) is 15.0. The summed E-state index contributed by atoms with van der Waals surface area (Å²) < 4.78 is 17.5. The SMILES string of the molecule is CC(C)Oc1cccc(OC2CC(C)OC(C)C2)c1N. The first-order valence-electron chi connectivity index (χ1n) is 7.33. The van der Waals surface area contributed by atoms with Gasteiger partial charge in [-0.25, -0.2) is 0 Å². The molecule has 0 amide bonds. The summed E-state index contributed by atoms with van der Waals surface area (Å²) >= 11 is 0. The predicted octanol–water partition coefficient (Wildman–Crippen LogP) is 3.39. The van der Waals surface area contributed by atoms with Gasteiger partial charge in [-0.2, -0.15) is 0 Å². The topological polar surface area (TPSA) is 53.7 Å². The lowest BCUT2D eigenvalue weighted by Gasteiger charge is -2.32. The Balaban J connectivity index is 2.09. The lowest BCUT2D eigenvalue weighted by molar-refractivity contribution is -0.0720. The Morgan fingerprint density at radius 1 is 1.15 bits per heavy atom. The van der Waals surface area contributed by atoms with Crippen LogP contribution in [0.3, 0.4) is 0 Å². The summed E-state index contributed by atoms with van der Waals surface area (Å²) in [6.45, 7) is 8.12. The molecule has 0 radical (unpaired) electrons. The van der Waals surface area contributed by atoms with E-state index < -0.39 is 0 Å². The molecule has 20 heavy (non-hydrogen) atoms. The van der Waals surface area contributed by atoms with Crippen LogP contribution in [0.25, 0.3) is 0 Å². The van der Waals surface area contributed by atoms with Crippen molar-refractivity contribution in [3.05, 3.63) is 18.2 Å². The van der Waals surface area contributed by atoms with E-state index in [1.807, 2.05) is 32.0 Å². The molecule has 1 aromatic carbocycles. The lowest BCUT2D eigenvalue weighted by Crippen LogP contribution is -2.35. The van der Waals surface area contributed by atoms with Crippen LogP contribution in [0, 0.1) is 0 Å². The van der Waals surface area contributed by atoms with E-state index in [1.165, 1.54) is 0 Å². The van der Waals surface area contributed by atoms with Crippen LogP contribution >= 0.6 is 0 Å². The van der Waals surface area contributed by atoms with Gasteiger partial charge in [-0.05, 0) is 39.8 Å². The van der Waals surface area contributed by atoms with Crippen molar-refractivity contribution in [3.63, 3.8) is 0 Å². The van der Waals surface area contributed by atoms with Crippen LogP contribution in [0.1, 0.15) is 40.5 Å². The second-order valence-corrected chi connectivity index (χ2v) is 5.80. The van der Waals surface area contributed by atoms with E-state index in [9.17, 15) is 0 Å². The molecule has 1 aromatic rings. The molecular formula is C16H25NO3. The predicted molar refractivity (Wildman–Crippen MR) is 80.3 cm³/mol. The van der Waals surface area contributed by atoms with Crippen LogP contribution in [-0.2, 0) is 4.74 Å². The van der Waals surface area contributed by atoms with E-state index in [4.69, 9.17) is 19.9 Å². The summed E-state index contributed by atoms with van der Waals surface area (Å²) in [5.74, 6) is 1.39. The zero-order valence-electron chi connectivity index (χ0n) is 12.8. The van der Waals surface area contributed by atoms with Crippen molar-refractivity contribution < 1.29 is 14.2 Å². The fourth-order valence-corrected chi connectivity index (χ4v) is 2.60. The second-order valence-electron chi connectivity index (χ2n) is 5.80. The molecule has 2 unspecified atom stereocenters. The Bertz CT molecular complexity index is 437. The molecule has 1 aliphatic rings. The molecule has 4 heteroatoms. The Kier molecular flexibility index (Phi) is 4.76. The van der Waals surface area contributed by atoms with Crippen molar-refractivity contribution in [3.8, 4) is 11.5 Å². The maximum absolute atomic E-state index is 6.14. The normalized spacial score (nSPS) is 26.6. The maximum atomic E-state index is 6.14. The van der Waals surface area contributed by atoms with Crippen molar-refractivity contribution in [1.82, 2.24) is 0 Å². The average molecular weight is 279 g/mol. The summed E-state index contributed by atoms with van der Waals surface area (Å²) in [7, 11) is 0. The van der Waals surface area contributed by atoms with Crippen molar-refractivity contribution in [2.24, 2.45) is 0 Å². The van der Waals surface area contributed by atoms with Crippen molar-refractivity contribution in [2.45, 2.75) is 65.0 Å². The van der Waals surface area contributed by atoms with E-state index in [1.54, 1.807) is 0 Å². The molecule has 0 aromatic heterocycles. The molecule has 2 N–H and O–H groups in total. The standard InChI is InChI=1S/C16H25NO3/c1-10(2)18-14-6-5-7-15(16(14)17)20-13-8-11(3)19-12(4)9-13/h5-7,10-13H,8-9,17H2,1-4H3. The Morgan fingerprint density at radius 3 is 2.35 bits per heavy atom. The minimum absolute atomic E-state index is 0.0932. The van der Waals surface area contributed by atoms with Crippen LogP contribution in [0.4, 0.5) is 5.69 Å². The minimum atomic E-state index is 0.0932. The number of anilines is 1.